The number of nitrogens with two attached hydrogens (primary N) is 1. The summed E-state index contributed by atoms with van der Waals surface area (Å²) in [5.41, 5.74) is 10.6. The van der Waals surface area contributed by atoms with Crippen LogP contribution in [0.4, 0.5) is 5.69 Å². The van der Waals surface area contributed by atoms with E-state index in [1.54, 1.807) is 38.3 Å². The van der Waals surface area contributed by atoms with E-state index in [0.717, 1.165) is 54.4 Å². The van der Waals surface area contributed by atoms with Gasteiger partial charge in [0.1, 0.15) is 12.8 Å². The van der Waals surface area contributed by atoms with E-state index >= 15 is 0 Å². The highest BCUT2D eigenvalue weighted by Gasteiger charge is 2.23. The molecule has 1 saturated heterocycles. The maximum Gasteiger partial charge on any atom is 0.264 e. The van der Waals surface area contributed by atoms with Crippen LogP contribution in [0, 0.1) is 0 Å². The fourth-order valence-corrected chi connectivity index (χ4v) is 4.98. The Kier molecular flexibility index (Phi) is 9.59. The molecule has 1 aromatic carbocycles. The number of benzene rings is 1. The van der Waals surface area contributed by atoms with Gasteiger partial charge >= 0.3 is 0 Å². The molecule has 1 fully saturated rings. The van der Waals surface area contributed by atoms with Crippen molar-refractivity contribution in [1.82, 2.24) is 9.80 Å². The highest BCUT2D eigenvalue weighted by Crippen LogP contribution is 2.25. The molecule has 2 radical (unpaired) electrons. The normalized spacial score (nSPS) is 15.6. The highest BCUT2D eigenvalue weighted by atomic mass is 32.2. The van der Waals surface area contributed by atoms with Gasteiger partial charge in [-0.05, 0) is 63.5 Å². The van der Waals surface area contributed by atoms with Gasteiger partial charge in [-0.2, -0.15) is 0 Å². The van der Waals surface area contributed by atoms with Crippen LogP contribution in [0.15, 0.2) is 76.1 Å². The Hall–Kier alpha value is -3.20. The number of allylic oxidation sites excluding steroid dienone is 4. The SMILES string of the molecule is [B]c1cc(C(=C)N2CCN(C(N)=C(C)C)CC2)ccc1NS(=O)(=O)/C(C=C)=C(N=CC)/C(C)=C\C. The van der Waals surface area contributed by atoms with E-state index in [1.165, 1.54) is 6.08 Å². The molecule has 186 valence electrons. The zero-order valence-corrected chi connectivity index (χ0v) is 22.2. The van der Waals surface area contributed by atoms with Crippen LogP contribution in [0.2, 0.25) is 0 Å². The third kappa shape index (κ3) is 6.69. The van der Waals surface area contributed by atoms with Gasteiger partial charge in [0.05, 0.1) is 11.5 Å². The average molecular weight is 493 g/mol. The Labute approximate surface area is 211 Å². The summed E-state index contributed by atoms with van der Waals surface area (Å²) in [6, 6.07) is 5.19. The smallest absolute Gasteiger partial charge is 0.264 e. The largest absolute Gasteiger partial charge is 0.385 e. The molecule has 0 saturated carbocycles. The number of nitrogens with zero attached hydrogens (tertiary/aromatic N) is 3. The Bertz CT molecular complexity index is 1200. The van der Waals surface area contributed by atoms with Crippen molar-refractivity contribution in [3.63, 3.8) is 0 Å². The molecule has 2 rings (SSSR count). The van der Waals surface area contributed by atoms with Crippen molar-refractivity contribution < 1.29 is 8.42 Å². The molecule has 0 atom stereocenters. The molecule has 9 heteroatoms. The molecule has 0 spiro atoms. The maximum atomic E-state index is 13.2. The van der Waals surface area contributed by atoms with Crippen molar-refractivity contribution in [2.24, 2.45) is 10.7 Å². The number of aliphatic imine (C=N–C) groups is 1. The Balaban J connectivity index is 2.25. The maximum absolute atomic E-state index is 13.2. The van der Waals surface area contributed by atoms with Crippen molar-refractivity contribution in [1.29, 1.82) is 0 Å². The number of hydrogen-bond donors (Lipinski definition) is 2. The Morgan fingerprint density at radius 2 is 1.74 bits per heavy atom. The zero-order chi connectivity index (χ0) is 26.3. The van der Waals surface area contributed by atoms with E-state index in [9.17, 15) is 8.42 Å². The van der Waals surface area contributed by atoms with Crippen molar-refractivity contribution in [2.45, 2.75) is 34.6 Å². The summed E-state index contributed by atoms with van der Waals surface area (Å²) in [7, 11) is 2.28. The van der Waals surface area contributed by atoms with Gasteiger partial charge < -0.3 is 15.5 Å². The molecule has 1 aliphatic rings. The fourth-order valence-electron chi connectivity index (χ4n) is 3.71. The molecule has 0 bridgehead atoms. The lowest BCUT2D eigenvalue weighted by Gasteiger charge is -2.38. The second-order valence-corrected chi connectivity index (χ2v) is 10.1. The van der Waals surface area contributed by atoms with E-state index in [4.69, 9.17) is 13.6 Å². The third-order valence-electron chi connectivity index (χ3n) is 5.92. The van der Waals surface area contributed by atoms with Crippen molar-refractivity contribution >= 4 is 40.9 Å². The molecule has 35 heavy (non-hydrogen) atoms. The topological polar surface area (TPSA) is 91.0 Å². The van der Waals surface area contributed by atoms with E-state index in [1.807, 2.05) is 26.8 Å². The first kappa shape index (κ1) is 28.0. The van der Waals surface area contributed by atoms with Gasteiger partial charge in [0.15, 0.2) is 0 Å². The lowest BCUT2D eigenvalue weighted by molar-refractivity contribution is 0.210. The van der Waals surface area contributed by atoms with Crippen LogP contribution in [0.25, 0.3) is 5.70 Å². The third-order valence-corrected chi connectivity index (χ3v) is 7.34. The van der Waals surface area contributed by atoms with Gasteiger partial charge in [0, 0.05) is 43.8 Å². The minimum Gasteiger partial charge on any atom is -0.385 e. The monoisotopic (exact) mass is 493 g/mol. The van der Waals surface area contributed by atoms with Gasteiger partial charge in [-0.3, -0.25) is 9.71 Å². The summed E-state index contributed by atoms with van der Waals surface area (Å²) in [6.07, 6.45) is 4.62. The molecule has 7 nitrogen and oxygen atoms in total. The first-order chi connectivity index (χ1) is 16.5. The predicted octanol–water partition coefficient (Wildman–Crippen LogP) is 3.48. The number of sulfonamides is 1. The molecule has 0 unspecified atom stereocenters. The van der Waals surface area contributed by atoms with Crippen LogP contribution in [0.3, 0.4) is 0 Å². The van der Waals surface area contributed by atoms with E-state index in [2.05, 4.69) is 32.7 Å². The molecular weight excluding hydrogens is 457 g/mol. The summed E-state index contributed by atoms with van der Waals surface area (Å²) in [6.45, 7) is 20.4. The molecular formula is C26H36BN5O2S. The van der Waals surface area contributed by atoms with E-state index in [0.29, 0.717) is 11.2 Å². The lowest BCUT2D eigenvalue weighted by atomic mass is 9.91. The quantitative estimate of drug-likeness (QED) is 0.312. The second-order valence-electron chi connectivity index (χ2n) is 8.49. The molecule has 0 aromatic heterocycles. The standard InChI is InChI=1S/C26H36BN5O2S/c1-8-19(6)25(29-10-3)24(9-2)35(33,34)30-23-12-11-21(17-22(23)27)20(7)31-13-15-32(16-14-31)26(28)18(4)5/h8-12,17,30H,2,7,13-16,28H2,1,3-6H3/b19-8-,25-24-,29-10?. The Morgan fingerprint density at radius 3 is 2.23 bits per heavy atom. The first-order valence-electron chi connectivity index (χ1n) is 11.5. The van der Waals surface area contributed by atoms with Crippen LogP contribution < -0.4 is 15.9 Å². The molecule has 1 aromatic rings. The minimum absolute atomic E-state index is 0.0207. The van der Waals surface area contributed by atoms with E-state index in [-0.39, 0.29) is 10.6 Å². The molecule has 1 heterocycles. The number of piperazine rings is 1. The van der Waals surface area contributed by atoms with Crippen LogP contribution in [-0.4, -0.2) is 58.5 Å². The summed E-state index contributed by atoms with van der Waals surface area (Å²) in [4.78, 5) is 8.57. The van der Waals surface area contributed by atoms with Crippen LogP contribution in [-0.2, 0) is 10.0 Å². The minimum atomic E-state index is -3.98. The van der Waals surface area contributed by atoms with Crippen LogP contribution >= 0.6 is 0 Å². The van der Waals surface area contributed by atoms with Gasteiger partial charge in [0.2, 0.25) is 0 Å². The van der Waals surface area contributed by atoms with Crippen molar-refractivity contribution in [2.75, 3.05) is 30.9 Å². The average Bonchev–Trinajstić information content (AvgIpc) is 2.83. The predicted molar refractivity (Wildman–Crippen MR) is 150 cm³/mol. The van der Waals surface area contributed by atoms with Gasteiger partial charge in [-0.25, -0.2) is 8.42 Å². The van der Waals surface area contributed by atoms with Gasteiger partial charge in [-0.15, -0.1) is 0 Å². The number of rotatable bonds is 9. The van der Waals surface area contributed by atoms with E-state index < -0.39 is 10.0 Å². The summed E-state index contributed by atoms with van der Waals surface area (Å²) >= 11 is 0. The van der Waals surface area contributed by atoms with Gasteiger partial charge in [-0.1, -0.05) is 36.8 Å². The summed E-state index contributed by atoms with van der Waals surface area (Å²) in [5, 5.41) is 0. The number of hydrogen-bond acceptors (Lipinski definition) is 6. The first-order valence-corrected chi connectivity index (χ1v) is 13.0. The lowest BCUT2D eigenvalue weighted by Crippen LogP contribution is -2.46. The molecule has 0 amide bonds. The zero-order valence-electron chi connectivity index (χ0n) is 21.4. The highest BCUT2D eigenvalue weighted by molar-refractivity contribution is 7.96. The van der Waals surface area contributed by atoms with Crippen molar-refractivity contribution in [3.8, 4) is 0 Å². The second kappa shape index (κ2) is 12.0. The fraction of sp³-hybridized carbons (Fsp3) is 0.346. The van der Waals surface area contributed by atoms with Crippen molar-refractivity contribution in [3.05, 3.63) is 76.6 Å². The number of nitrogens with one attached hydrogen (secondary N) is 1. The van der Waals surface area contributed by atoms with Crippen LogP contribution in [0.1, 0.15) is 40.2 Å². The Morgan fingerprint density at radius 1 is 1.14 bits per heavy atom. The molecule has 0 aliphatic carbocycles. The molecule has 1 aliphatic heterocycles. The van der Waals surface area contributed by atoms with Gasteiger partial charge in [0.25, 0.3) is 10.0 Å². The summed E-state index contributed by atoms with van der Waals surface area (Å²) in [5.74, 6) is 0.821. The summed E-state index contributed by atoms with van der Waals surface area (Å²) < 4.78 is 28.9. The van der Waals surface area contributed by atoms with Crippen LogP contribution in [0.5, 0.6) is 0 Å². The number of anilines is 1. The molecule has 3 N–H and O–H groups in total.